The Balaban J connectivity index is 2.59. The van der Waals surface area contributed by atoms with E-state index in [4.69, 9.17) is 5.11 Å². The Hall–Kier alpha value is -2.17. The maximum Gasteiger partial charge on any atom is 0.305 e. The molecule has 0 aliphatic heterocycles. The van der Waals surface area contributed by atoms with Crippen LogP contribution in [0.2, 0.25) is 0 Å². The molecule has 1 aromatic carbocycles. The molecule has 0 aliphatic carbocycles. The highest BCUT2D eigenvalue weighted by atomic mass is 16.4. The van der Waals surface area contributed by atoms with Crippen molar-refractivity contribution in [1.29, 1.82) is 0 Å². The Morgan fingerprint density at radius 1 is 1.39 bits per heavy atom. The predicted octanol–water partition coefficient (Wildman–Crippen LogP) is 1.43. The fourth-order valence-electron chi connectivity index (χ4n) is 1.92. The third-order valence-corrected chi connectivity index (χ3v) is 2.81. The second kappa shape index (κ2) is 5.00. The fraction of sp³-hybridized carbons (Fsp3) is 0.308. The van der Waals surface area contributed by atoms with Crippen LogP contribution >= 0.6 is 0 Å². The fourth-order valence-corrected chi connectivity index (χ4v) is 1.92. The van der Waals surface area contributed by atoms with Crippen molar-refractivity contribution in [2.45, 2.75) is 26.3 Å². The zero-order valence-electron chi connectivity index (χ0n) is 10.1. The lowest BCUT2D eigenvalue weighted by Gasteiger charge is -2.11. The number of aromatic nitrogens is 2. The zero-order valence-corrected chi connectivity index (χ0v) is 10.1. The van der Waals surface area contributed by atoms with Crippen LogP contribution in [-0.2, 0) is 17.8 Å². The topological polar surface area (TPSA) is 72.2 Å². The molecule has 0 spiro atoms. The van der Waals surface area contributed by atoms with Crippen LogP contribution in [0.1, 0.15) is 19.2 Å². The minimum absolute atomic E-state index is 0.0765. The Kier molecular flexibility index (Phi) is 3.41. The molecular formula is C13H14N2O3. The molecule has 1 N–H and O–H groups in total. The third-order valence-electron chi connectivity index (χ3n) is 2.81. The number of rotatable bonds is 4. The van der Waals surface area contributed by atoms with Gasteiger partial charge in [0.1, 0.15) is 5.82 Å². The van der Waals surface area contributed by atoms with E-state index < -0.39 is 5.97 Å². The van der Waals surface area contributed by atoms with Gasteiger partial charge in [-0.15, -0.1) is 0 Å². The second-order valence-corrected chi connectivity index (χ2v) is 4.00. The molecule has 5 heteroatoms. The van der Waals surface area contributed by atoms with E-state index in [2.05, 4.69) is 4.98 Å². The lowest BCUT2D eigenvalue weighted by molar-refractivity contribution is -0.137. The van der Waals surface area contributed by atoms with E-state index >= 15 is 0 Å². The first-order valence-electron chi connectivity index (χ1n) is 5.83. The molecule has 0 fully saturated rings. The molecule has 0 unspecified atom stereocenters. The Morgan fingerprint density at radius 2 is 2.11 bits per heavy atom. The van der Waals surface area contributed by atoms with E-state index in [1.54, 1.807) is 18.2 Å². The number of hydrogen-bond acceptors (Lipinski definition) is 3. The Labute approximate surface area is 104 Å². The number of fused-ring (bicyclic) bond motifs is 1. The summed E-state index contributed by atoms with van der Waals surface area (Å²) in [5.74, 6) is -0.294. The van der Waals surface area contributed by atoms with Gasteiger partial charge in [0.05, 0.1) is 17.3 Å². The maximum absolute atomic E-state index is 12.3. The summed E-state index contributed by atoms with van der Waals surface area (Å²) in [6, 6.07) is 7.10. The first-order chi connectivity index (χ1) is 8.63. The van der Waals surface area contributed by atoms with Crippen molar-refractivity contribution in [3.63, 3.8) is 0 Å². The van der Waals surface area contributed by atoms with E-state index in [0.29, 0.717) is 23.1 Å². The summed E-state index contributed by atoms with van der Waals surface area (Å²) in [5, 5.41) is 9.23. The number of aliphatic carboxylic acids is 1. The number of aryl methyl sites for hydroxylation is 1. The van der Waals surface area contributed by atoms with Gasteiger partial charge in [0.25, 0.3) is 5.56 Å². The molecule has 0 atom stereocenters. The summed E-state index contributed by atoms with van der Waals surface area (Å²) < 4.78 is 1.45. The average molecular weight is 246 g/mol. The van der Waals surface area contributed by atoms with Crippen molar-refractivity contribution in [3.05, 3.63) is 40.4 Å². The highest BCUT2D eigenvalue weighted by Crippen LogP contribution is 2.08. The van der Waals surface area contributed by atoms with E-state index in [1.165, 1.54) is 4.57 Å². The van der Waals surface area contributed by atoms with Crippen molar-refractivity contribution >= 4 is 16.9 Å². The van der Waals surface area contributed by atoms with Crippen molar-refractivity contribution in [1.82, 2.24) is 9.55 Å². The van der Waals surface area contributed by atoms with Crippen molar-refractivity contribution in [2.24, 2.45) is 0 Å². The smallest absolute Gasteiger partial charge is 0.305 e. The lowest BCUT2D eigenvalue weighted by atomic mass is 10.2. The van der Waals surface area contributed by atoms with E-state index in [-0.39, 0.29) is 18.5 Å². The van der Waals surface area contributed by atoms with Gasteiger partial charge in [0.15, 0.2) is 0 Å². The minimum Gasteiger partial charge on any atom is -0.481 e. The summed E-state index contributed by atoms with van der Waals surface area (Å²) in [6.07, 6.45) is 0.520. The zero-order chi connectivity index (χ0) is 13.1. The van der Waals surface area contributed by atoms with Gasteiger partial charge in [-0.3, -0.25) is 14.2 Å². The predicted molar refractivity (Wildman–Crippen MR) is 67.6 cm³/mol. The van der Waals surface area contributed by atoms with Gasteiger partial charge in [-0.1, -0.05) is 19.1 Å². The van der Waals surface area contributed by atoms with Crippen molar-refractivity contribution in [3.8, 4) is 0 Å². The van der Waals surface area contributed by atoms with E-state index in [9.17, 15) is 9.59 Å². The summed E-state index contributed by atoms with van der Waals surface area (Å²) >= 11 is 0. The van der Waals surface area contributed by atoms with Crippen LogP contribution in [0.5, 0.6) is 0 Å². The van der Waals surface area contributed by atoms with Crippen LogP contribution in [0.25, 0.3) is 10.9 Å². The summed E-state index contributed by atoms with van der Waals surface area (Å²) in [7, 11) is 0. The summed E-state index contributed by atoms with van der Waals surface area (Å²) in [6.45, 7) is 2.06. The number of nitrogens with zero attached hydrogens (tertiary/aromatic N) is 2. The normalized spacial score (nSPS) is 10.7. The van der Waals surface area contributed by atoms with Crippen LogP contribution in [0, 0.1) is 0 Å². The number of carbonyl (C=O) groups is 1. The average Bonchev–Trinajstić information content (AvgIpc) is 2.37. The molecule has 0 radical (unpaired) electrons. The van der Waals surface area contributed by atoms with Gasteiger partial charge in [-0.25, -0.2) is 4.98 Å². The van der Waals surface area contributed by atoms with Crippen LogP contribution in [0.4, 0.5) is 0 Å². The van der Waals surface area contributed by atoms with Crippen LogP contribution in [0.15, 0.2) is 29.1 Å². The summed E-state index contributed by atoms with van der Waals surface area (Å²) in [5.41, 5.74) is 0.490. The SMILES string of the molecule is CCc1nc2ccccc2c(=O)n1CCC(=O)O. The van der Waals surface area contributed by atoms with Crippen LogP contribution in [-0.4, -0.2) is 20.6 Å². The van der Waals surface area contributed by atoms with E-state index in [1.807, 2.05) is 13.0 Å². The second-order valence-electron chi connectivity index (χ2n) is 4.00. The number of carboxylic acids is 1. The molecule has 5 nitrogen and oxygen atoms in total. The molecular weight excluding hydrogens is 232 g/mol. The number of carboxylic acid groups (broad SMARTS) is 1. The van der Waals surface area contributed by atoms with Gasteiger partial charge in [-0.2, -0.15) is 0 Å². The molecule has 0 amide bonds. The number of para-hydroxylation sites is 1. The van der Waals surface area contributed by atoms with Crippen LogP contribution < -0.4 is 5.56 Å². The van der Waals surface area contributed by atoms with Gasteiger partial charge >= 0.3 is 5.97 Å². The lowest BCUT2D eigenvalue weighted by Crippen LogP contribution is -2.26. The first kappa shape index (κ1) is 12.3. The standard InChI is InChI=1S/C13H14N2O3/c1-2-11-14-10-6-4-3-5-9(10)13(18)15(11)8-7-12(16)17/h3-6H,2,7-8H2,1H3,(H,16,17). The highest BCUT2D eigenvalue weighted by Gasteiger charge is 2.10. The molecule has 0 bridgehead atoms. The summed E-state index contributed by atoms with van der Waals surface area (Å²) in [4.78, 5) is 27.3. The molecule has 1 heterocycles. The minimum atomic E-state index is -0.919. The highest BCUT2D eigenvalue weighted by molar-refractivity contribution is 5.77. The molecule has 0 saturated carbocycles. The van der Waals surface area contributed by atoms with Gasteiger partial charge < -0.3 is 5.11 Å². The molecule has 18 heavy (non-hydrogen) atoms. The first-order valence-corrected chi connectivity index (χ1v) is 5.83. The quantitative estimate of drug-likeness (QED) is 0.885. The van der Waals surface area contributed by atoms with Crippen LogP contribution in [0.3, 0.4) is 0 Å². The van der Waals surface area contributed by atoms with Gasteiger partial charge in [0.2, 0.25) is 0 Å². The van der Waals surface area contributed by atoms with Crippen molar-refractivity contribution in [2.75, 3.05) is 0 Å². The maximum atomic E-state index is 12.3. The monoisotopic (exact) mass is 246 g/mol. The van der Waals surface area contributed by atoms with Crippen molar-refractivity contribution < 1.29 is 9.90 Å². The largest absolute Gasteiger partial charge is 0.481 e. The third kappa shape index (κ3) is 2.25. The molecule has 2 aromatic rings. The molecule has 2 rings (SSSR count). The molecule has 94 valence electrons. The molecule has 1 aromatic heterocycles. The Morgan fingerprint density at radius 3 is 2.78 bits per heavy atom. The Bertz CT molecular complexity index is 646. The number of benzene rings is 1. The van der Waals surface area contributed by atoms with E-state index in [0.717, 1.165) is 0 Å². The number of hydrogen-bond donors (Lipinski definition) is 1. The molecule has 0 saturated heterocycles. The van der Waals surface area contributed by atoms with Gasteiger partial charge in [-0.05, 0) is 12.1 Å². The molecule has 0 aliphatic rings. The van der Waals surface area contributed by atoms with Gasteiger partial charge in [0, 0.05) is 13.0 Å².